The van der Waals surface area contributed by atoms with Crippen LogP contribution in [0.5, 0.6) is 5.75 Å². The fraction of sp³-hybridized carbons (Fsp3) is 0.297. The van der Waals surface area contributed by atoms with Gasteiger partial charge in [0, 0.05) is 23.5 Å². The van der Waals surface area contributed by atoms with Crippen molar-refractivity contribution >= 4 is 43.5 Å². The van der Waals surface area contributed by atoms with Crippen LogP contribution in [-0.2, 0) is 32.6 Å². The van der Waals surface area contributed by atoms with E-state index < -0.39 is 34.3 Å². The monoisotopic (exact) mass is 735 g/mol. The Hall–Kier alpha value is -4.22. The number of benzene rings is 4. The van der Waals surface area contributed by atoms with Gasteiger partial charge in [0.2, 0.25) is 11.8 Å². The van der Waals surface area contributed by atoms with Crippen molar-refractivity contribution in [3.05, 3.63) is 125 Å². The number of amides is 2. The molecule has 252 valence electrons. The highest BCUT2D eigenvalue weighted by molar-refractivity contribution is 9.10. The number of halogens is 2. The van der Waals surface area contributed by atoms with Crippen LogP contribution >= 0.6 is 15.9 Å². The normalized spacial score (nSPS) is 13.9. The Morgan fingerprint density at radius 1 is 0.896 bits per heavy atom. The molecule has 48 heavy (non-hydrogen) atoms. The number of sulfonamides is 1. The molecule has 0 aliphatic heterocycles. The third kappa shape index (κ3) is 9.02. The summed E-state index contributed by atoms with van der Waals surface area (Å²) in [7, 11) is -4.35. The zero-order valence-electron chi connectivity index (χ0n) is 26.7. The van der Waals surface area contributed by atoms with E-state index in [0.29, 0.717) is 12.4 Å². The summed E-state index contributed by atoms with van der Waals surface area (Å²) in [5.41, 5.74) is 1.85. The zero-order valence-corrected chi connectivity index (χ0v) is 29.1. The van der Waals surface area contributed by atoms with Gasteiger partial charge in [0.15, 0.2) is 0 Å². The molecule has 0 spiro atoms. The van der Waals surface area contributed by atoms with Gasteiger partial charge in [-0.05, 0) is 91.6 Å². The number of hydrogen-bond donors (Lipinski definition) is 1. The van der Waals surface area contributed by atoms with Crippen LogP contribution in [0, 0.1) is 5.82 Å². The van der Waals surface area contributed by atoms with E-state index in [1.165, 1.54) is 17.0 Å². The molecule has 0 bridgehead atoms. The number of nitrogens with one attached hydrogen (secondary N) is 1. The first-order chi connectivity index (χ1) is 23.1. The topological polar surface area (TPSA) is 96.0 Å². The van der Waals surface area contributed by atoms with Gasteiger partial charge in [-0.3, -0.25) is 13.9 Å². The quantitative estimate of drug-likeness (QED) is 0.152. The van der Waals surface area contributed by atoms with Gasteiger partial charge >= 0.3 is 0 Å². The number of carbonyl (C=O) groups excluding carboxylic acids is 2. The van der Waals surface area contributed by atoms with Crippen LogP contribution < -0.4 is 14.4 Å². The summed E-state index contributed by atoms with van der Waals surface area (Å²) in [6, 6.07) is 26.8. The number of carbonyl (C=O) groups is 2. The summed E-state index contributed by atoms with van der Waals surface area (Å²) in [6.07, 6.45) is 4.01. The van der Waals surface area contributed by atoms with Crippen molar-refractivity contribution < 1.29 is 27.1 Å². The van der Waals surface area contributed by atoms with E-state index in [2.05, 4.69) is 21.2 Å². The standard InChI is InChI=1S/C37H39BrFN3O5S/c1-2-47-33-20-18-32(19-21-33)42(48(45,46)34-22-16-30(39)17-23-34)26-36(43)41(25-28-12-14-29(38)15-13-28)35(24-27-8-4-3-5-9-27)37(44)40-31-10-6-7-11-31/h3-5,8-9,12-23,31,35H,2,6-7,10-11,24-26H2,1H3,(H,40,44)/t35-/m1/s1. The summed E-state index contributed by atoms with van der Waals surface area (Å²) < 4.78 is 49.5. The Morgan fingerprint density at radius 3 is 2.17 bits per heavy atom. The van der Waals surface area contributed by atoms with Gasteiger partial charge in [0.1, 0.15) is 24.2 Å². The minimum absolute atomic E-state index is 0.0135. The van der Waals surface area contributed by atoms with Crippen LogP contribution in [0.1, 0.15) is 43.7 Å². The van der Waals surface area contributed by atoms with Gasteiger partial charge in [-0.15, -0.1) is 0 Å². The number of anilines is 1. The Morgan fingerprint density at radius 2 is 1.54 bits per heavy atom. The summed E-state index contributed by atoms with van der Waals surface area (Å²) >= 11 is 3.46. The first-order valence-electron chi connectivity index (χ1n) is 16.0. The molecule has 2 amide bonds. The molecule has 0 heterocycles. The molecule has 4 aromatic carbocycles. The largest absolute Gasteiger partial charge is 0.494 e. The van der Waals surface area contributed by atoms with Gasteiger partial charge < -0.3 is 15.0 Å². The van der Waals surface area contributed by atoms with Crippen LogP contribution in [0.25, 0.3) is 0 Å². The predicted molar refractivity (Wildman–Crippen MR) is 188 cm³/mol. The molecule has 0 aromatic heterocycles. The molecular formula is C37H39BrFN3O5S. The fourth-order valence-electron chi connectivity index (χ4n) is 5.85. The Kier molecular flexibility index (Phi) is 11.9. The second-order valence-electron chi connectivity index (χ2n) is 11.7. The van der Waals surface area contributed by atoms with Gasteiger partial charge in [0.25, 0.3) is 10.0 Å². The number of nitrogens with zero attached hydrogens (tertiary/aromatic N) is 2. The van der Waals surface area contributed by atoms with E-state index in [1.54, 1.807) is 24.3 Å². The molecule has 1 saturated carbocycles. The van der Waals surface area contributed by atoms with E-state index in [9.17, 15) is 22.4 Å². The van der Waals surface area contributed by atoms with Crippen molar-refractivity contribution in [3.63, 3.8) is 0 Å². The highest BCUT2D eigenvalue weighted by Gasteiger charge is 2.35. The van der Waals surface area contributed by atoms with Crippen LogP contribution in [0.3, 0.4) is 0 Å². The van der Waals surface area contributed by atoms with E-state index >= 15 is 0 Å². The summed E-state index contributed by atoms with van der Waals surface area (Å²) in [5, 5.41) is 3.17. The maximum atomic E-state index is 14.6. The first-order valence-corrected chi connectivity index (χ1v) is 18.3. The average molecular weight is 737 g/mol. The molecule has 11 heteroatoms. The molecule has 5 rings (SSSR count). The third-order valence-electron chi connectivity index (χ3n) is 8.36. The Balaban J connectivity index is 1.56. The maximum absolute atomic E-state index is 14.6. The summed E-state index contributed by atoms with van der Waals surface area (Å²) in [5.74, 6) is -0.907. The maximum Gasteiger partial charge on any atom is 0.264 e. The fourth-order valence-corrected chi connectivity index (χ4v) is 7.52. The van der Waals surface area contributed by atoms with Gasteiger partial charge in [-0.1, -0.05) is 71.2 Å². The highest BCUT2D eigenvalue weighted by atomic mass is 79.9. The van der Waals surface area contributed by atoms with Crippen LogP contribution in [0.2, 0.25) is 0 Å². The third-order valence-corrected chi connectivity index (χ3v) is 10.7. The number of rotatable bonds is 14. The Bertz CT molecular complexity index is 1770. The molecule has 1 fully saturated rings. The molecule has 1 N–H and O–H groups in total. The molecule has 0 saturated heterocycles. The van der Waals surface area contributed by atoms with Gasteiger partial charge in [-0.25, -0.2) is 12.8 Å². The van der Waals surface area contributed by atoms with E-state index in [0.717, 1.165) is 57.7 Å². The van der Waals surface area contributed by atoms with Crippen molar-refractivity contribution in [1.82, 2.24) is 10.2 Å². The predicted octanol–water partition coefficient (Wildman–Crippen LogP) is 6.88. The lowest BCUT2D eigenvalue weighted by atomic mass is 10.0. The van der Waals surface area contributed by atoms with Crippen molar-refractivity contribution in [2.75, 3.05) is 17.5 Å². The SMILES string of the molecule is CCOc1ccc(N(CC(=O)N(Cc2ccc(Br)cc2)[C@H](Cc2ccccc2)C(=O)NC2CCCC2)S(=O)(=O)c2ccc(F)cc2)cc1. The molecular weight excluding hydrogens is 697 g/mol. The van der Waals surface area contributed by atoms with E-state index in [-0.39, 0.29) is 35.5 Å². The second-order valence-corrected chi connectivity index (χ2v) is 14.5. The number of hydrogen-bond acceptors (Lipinski definition) is 5. The van der Waals surface area contributed by atoms with E-state index in [4.69, 9.17) is 4.74 Å². The van der Waals surface area contributed by atoms with Crippen molar-refractivity contribution in [3.8, 4) is 5.75 Å². The molecule has 0 unspecified atom stereocenters. The zero-order chi connectivity index (χ0) is 34.1. The molecule has 1 atom stereocenters. The average Bonchev–Trinajstić information content (AvgIpc) is 3.60. The van der Waals surface area contributed by atoms with Crippen LogP contribution in [0.15, 0.2) is 112 Å². The smallest absolute Gasteiger partial charge is 0.264 e. The molecule has 1 aliphatic carbocycles. The highest BCUT2D eigenvalue weighted by Crippen LogP contribution is 2.28. The van der Waals surface area contributed by atoms with Crippen molar-refractivity contribution in [1.29, 1.82) is 0 Å². The van der Waals surface area contributed by atoms with Gasteiger partial charge in [-0.2, -0.15) is 0 Å². The lowest BCUT2D eigenvalue weighted by Crippen LogP contribution is -2.54. The lowest BCUT2D eigenvalue weighted by molar-refractivity contribution is -0.140. The van der Waals surface area contributed by atoms with Gasteiger partial charge in [0.05, 0.1) is 17.2 Å². The second kappa shape index (κ2) is 16.3. The van der Waals surface area contributed by atoms with Crippen molar-refractivity contribution in [2.24, 2.45) is 0 Å². The van der Waals surface area contributed by atoms with Crippen molar-refractivity contribution in [2.45, 2.75) is 62.6 Å². The minimum Gasteiger partial charge on any atom is -0.494 e. The Labute approximate surface area is 290 Å². The molecule has 4 aromatic rings. The van der Waals surface area contributed by atoms with Crippen LogP contribution in [-0.4, -0.2) is 50.4 Å². The molecule has 8 nitrogen and oxygen atoms in total. The summed E-state index contributed by atoms with van der Waals surface area (Å²) in [4.78, 5) is 30.0. The number of ether oxygens (including phenoxy) is 1. The summed E-state index contributed by atoms with van der Waals surface area (Å²) in [6.45, 7) is 1.72. The van der Waals surface area contributed by atoms with E-state index in [1.807, 2.05) is 61.5 Å². The van der Waals surface area contributed by atoms with Crippen LogP contribution in [0.4, 0.5) is 10.1 Å². The first kappa shape index (κ1) is 35.1. The molecule has 1 aliphatic rings. The molecule has 0 radical (unpaired) electrons. The lowest BCUT2D eigenvalue weighted by Gasteiger charge is -2.34. The minimum atomic E-state index is -4.35.